The third-order valence-corrected chi connectivity index (χ3v) is 13.8. The monoisotopic (exact) mass is 1100 g/mol. The number of quaternary nitrogens is 1. The van der Waals surface area contributed by atoms with Gasteiger partial charge in [0.1, 0.15) is 13.2 Å². The Morgan fingerprint density at radius 2 is 0.684 bits per heavy atom. The van der Waals surface area contributed by atoms with Gasteiger partial charge in [-0.15, -0.1) is 0 Å². The molecule has 2 atom stereocenters. The maximum atomic E-state index is 12.9. The van der Waals surface area contributed by atoms with Crippen LogP contribution in [0.15, 0.2) is 97.2 Å². The lowest BCUT2D eigenvalue weighted by molar-refractivity contribution is -0.870. The lowest BCUT2D eigenvalue weighted by Gasteiger charge is -2.25. The largest absolute Gasteiger partial charge is 0.477 e. The Balaban J connectivity index is 4.04. The summed E-state index contributed by atoms with van der Waals surface area (Å²) in [7, 11) is 5.96. The van der Waals surface area contributed by atoms with E-state index in [9.17, 15) is 19.5 Å². The summed E-state index contributed by atoms with van der Waals surface area (Å²) in [5.41, 5.74) is 0. The number of hydrogen-bond acceptors (Lipinski definition) is 7. The minimum absolute atomic E-state index is 0.181. The smallest absolute Gasteiger partial charge is 0.361 e. The quantitative estimate of drug-likeness (QED) is 0.0211. The molecule has 0 saturated heterocycles. The molecule has 454 valence electrons. The summed E-state index contributed by atoms with van der Waals surface area (Å²) >= 11 is 0. The first kappa shape index (κ1) is 75.2. The SMILES string of the molecule is CC/C=C\C/C=C\C/C=C\C/C=C\CCCCCCCCCCCCCCCCCCCCCCCCCCC(=O)OC(COC(=O)CCCCCC/C=C\C/C=C\C/C=C\C/C=C\CC)COC(OCC[N+](C)(C)C)C(=O)O. The maximum Gasteiger partial charge on any atom is 0.361 e. The van der Waals surface area contributed by atoms with Crippen LogP contribution in [0.25, 0.3) is 0 Å². The van der Waals surface area contributed by atoms with Gasteiger partial charge in [-0.05, 0) is 89.9 Å². The number of carboxylic acid groups (broad SMARTS) is 1. The highest BCUT2D eigenvalue weighted by Gasteiger charge is 2.25. The van der Waals surface area contributed by atoms with E-state index >= 15 is 0 Å². The molecular weight excluding hydrogens is 983 g/mol. The van der Waals surface area contributed by atoms with Gasteiger partial charge in [0.2, 0.25) is 0 Å². The van der Waals surface area contributed by atoms with Gasteiger partial charge >= 0.3 is 17.9 Å². The molecule has 2 unspecified atom stereocenters. The van der Waals surface area contributed by atoms with E-state index in [0.29, 0.717) is 17.4 Å². The molecular formula is C70H122NO8+. The van der Waals surface area contributed by atoms with Gasteiger partial charge in [-0.3, -0.25) is 9.59 Å². The van der Waals surface area contributed by atoms with E-state index in [4.69, 9.17) is 18.9 Å². The van der Waals surface area contributed by atoms with Crippen LogP contribution in [0.5, 0.6) is 0 Å². The number of carbonyl (C=O) groups excluding carboxylic acids is 2. The molecule has 0 aliphatic carbocycles. The van der Waals surface area contributed by atoms with Crippen molar-refractivity contribution in [3.63, 3.8) is 0 Å². The molecule has 9 nitrogen and oxygen atoms in total. The van der Waals surface area contributed by atoms with E-state index in [2.05, 4.69) is 111 Å². The lowest BCUT2D eigenvalue weighted by atomic mass is 10.0. The van der Waals surface area contributed by atoms with Crippen LogP contribution in [0.4, 0.5) is 0 Å². The number of nitrogens with zero attached hydrogens (tertiary/aromatic N) is 1. The van der Waals surface area contributed by atoms with Gasteiger partial charge in [0, 0.05) is 12.8 Å². The molecule has 0 fully saturated rings. The number of hydrogen-bond donors (Lipinski definition) is 1. The first-order valence-corrected chi connectivity index (χ1v) is 32.4. The Morgan fingerprint density at radius 3 is 1.01 bits per heavy atom. The van der Waals surface area contributed by atoms with Crippen LogP contribution in [0.2, 0.25) is 0 Å². The molecule has 0 aromatic rings. The average Bonchev–Trinajstić information content (AvgIpc) is 3.42. The van der Waals surface area contributed by atoms with Gasteiger partial charge in [0.15, 0.2) is 6.10 Å². The topological polar surface area (TPSA) is 108 Å². The van der Waals surface area contributed by atoms with Crippen molar-refractivity contribution in [1.29, 1.82) is 0 Å². The van der Waals surface area contributed by atoms with Gasteiger partial charge in [0.25, 0.3) is 6.29 Å². The van der Waals surface area contributed by atoms with Crippen molar-refractivity contribution in [2.24, 2.45) is 0 Å². The Hall–Kier alpha value is -3.79. The third kappa shape index (κ3) is 61.7. The summed E-state index contributed by atoms with van der Waals surface area (Å²) in [4.78, 5) is 37.5. The summed E-state index contributed by atoms with van der Waals surface area (Å²) in [5.74, 6) is -2.03. The fraction of sp³-hybridized carbons (Fsp3) is 0.729. The molecule has 0 spiro atoms. The van der Waals surface area contributed by atoms with E-state index in [1.165, 1.54) is 141 Å². The standard InChI is InChI=1S/C70H121NO8/c1-6-8-10-12-14-16-18-20-22-24-25-26-27-28-29-30-31-32-33-34-35-36-37-38-39-40-41-42-43-45-47-49-51-53-55-57-59-61-68(73)79-66(65-78-70(69(74)75)76-63-62-71(3,4)5)64-77-67(72)60-58-56-54-52-50-48-46-44-23-21-19-17-15-13-11-9-7-2/h8-11,14-17,20-23,25-26,46,48,66,70H,6-7,12-13,18-19,24,27-45,47,49-65H2,1-5H3/p+1/b10-8-,11-9-,16-14-,17-15-,22-20-,23-21-,26-25-,48-46-. The van der Waals surface area contributed by atoms with Crippen molar-refractivity contribution in [3.8, 4) is 0 Å². The molecule has 0 saturated carbocycles. The first-order valence-electron chi connectivity index (χ1n) is 32.4. The Bertz CT molecular complexity index is 1620. The molecule has 1 N–H and O–H groups in total. The second kappa shape index (κ2) is 60.3. The summed E-state index contributed by atoms with van der Waals surface area (Å²) in [6.07, 6.45) is 79.5. The minimum atomic E-state index is -1.52. The zero-order chi connectivity index (χ0) is 57.6. The number of unbranched alkanes of at least 4 members (excludes halogenated alkanes) is 28. The van der Waals surface area contributed by atoms with Gasteiger partial charge in [-0.25, -0.2) is 4.79 Å². The van der Waals surface area contributed by atoms with Gasteiger partial charge in [0.05, 0.1) is 34.4 Å². The van der Waals surface area contributed by atoms with E-state index in [0.717, 1.165) is 96.3 Å². The normalized spacial score (nSPS) is 13.4. The van der Waals surface area contributed by atoms with Gasteiger partial charge in [-0.2, -0.15) is 0 Å². The molecule has 0 bridgehead atoms. The predicted octanol–water partition coefficient (Wildman–Crippen LogP) is 19.7. The zero-order valence-electron chi connectivity index (χ0n) is 51.8. The molecule has 0 aromatic carbocycles. The second-order valence-electron chi connectivity index (χ2n) is 22.7. The van der Waals surface area contributed by atoms with Gasteiger partial charge < -0.3 is 28.5 Å². The van der Waals surface area contributed by atoms with Crippen LogP contribution in [-0.4, -0.2) is 87.4 Å². The number of likely N-dealkylation sites (N-methyl/N-ethyl adjacent to an activating group) is 1. The molecule has 0 aliphatic rings. The van der Waals surface area contributed by atoms with Crippen LogP contribution in [0.1, 0.15) is 271 Å². The van der Waals surface area contributed by atoms with Crippen LogP contribution < -0.4 is 0 Å². The lowest BCUT2D eigenvalue weighted by Crippen LogP contribution is -2.40. The van der Waals surface area contributed by atoms with E-state index < -0.39 is 24.3 Å². The molecule has 0 aromatic heterocycles. The van der Waals surface area contributed by atoms with Crippen molar-refractivity contribution < 1.29 is 42.9 Å². The number of carbonyl (C=O) groups is 3. The predicted molar refractivity (Wildman–Crippen MR) is 336 cm³/mol. The van der Waals surface area contributed by atoms with Crippen molar-refractivity contribution in [1.82, 2.24) is 0 Å². The number of rotatable bonds is 59. The molecule has 0 radical (unpaired) electrons. The Labute approximate surface area is 486 Å². The average molecular weight is 1110 g/mol. The molecule has 9 heteroatoms. The fourth-order valence-corrected chi connectivity index (χ4v) is 8.94. The van der Waals surface area contributed by atoms with Crippen molar-refractivity contribution in [2.75, 3.05) is 47.5 Å². The minimum Gasteiger partial charge on any atom is -0.477 e. The summed E-state index contributed by atoms with van der Waals surface area (Å²) in [6, 6.07) is 0. The highest BCUT2D eigenvalue weighted by atomic mass is 16.7. The van der Waals surface area contributed by atoms with Crippen molar-refractivity contribution in [2.45, 2.75) is 283 Å². The highest BCUT2D eigenvalue weighted by molar-refractivity contribution is 5.71. The van der Waals surface area contributed by atoms with Crippen LogP contribution in [0.3, 0.4) is 0 Å². The fourth-order valence-electron chi connectivity index (χ4n) is 8.94. The first-order chi connectivity index (χ1) is 38.6. The van der Waals surface area contributed by atoms with Crippen LogP contribution >= 0.6 is 0 Å². The summed E-state index contributed by atoms with van der Waals surface area (Å²) in [6.45, 7) is 4.64. The number of allylic oxidation sites excluding steroid dienone is 16. The molecule has 0 aliphatic heterocycles. The molecule has 0 amide bonds. The van der Waals surface area contributed by atoms with E-state index in [1.54, 1.807) is 0 Å². The van der Waals surface area contributed by atoms with E-state index in [-0.39, 0.29) is 38.6 Å². The molecule has 79 heavy (non-hydrogen) atoms. The van der Waals surface area contributed by atoms with E-state index in [1.807, 2.05) is 21.1 Å². The van der Waals surface area contributed by atoms with Crippen LogP contribution in [0, 0.1) is 0 Å². The summed E-state index contributed by atoms with van der Waals surface area (Å²) in [5, 5.41) is 9.71. The highest BCUT2D eigenvalue weighted by Crippen LogP contribution is 2.17. The molecule has 0 heterocycles. The molecule has 0 rings (SSSR count). The van der Waals surface area contributed by atoms with Gasteiger partial charge in [-0.1, -0.05) is 265 Å². The second-order valence-corrected chi connectivity index (χ2v) is 22.7. The zero-order valence-corrected chi connectivity index (χ0v) is 51.8. The number of aliphatic carboxylic acids is 1. The third-order valence-electron chi connectivity index (χ3n) is 13.8. The maximum absolute atomic E-state index is 12.9. The summed E-state index contributed by atoms with van der Waals surface area (Å²) < 4.78 is 22.9. The Morgan fingerprint density at radius 1 is 0.380 bits per heavy atom. The van der Waals surface area contributed by atoms with Crippen molar-refractivity contribution in [3.05, 3.63) is 97.2 Å². The number of carboxylic acids is 1. The van der Waals surface area contributed by atoms with Crippen molar-refractivity contribution >= 4 is 17.9 Å². The Kier molecular flexibility index (Phi) is 57.4. The van der Waals surface area contributed by atoms with Crippen LogP contribution in [-0.2, 0) is 33.3 Å². The number of esters is 2. The number of ether oxygens (including phenoxy) is 4.